The monoisotopic (exact) mass is 442 g/mol. The first-order chi connectivity index (χ1) is 14.0. The summed E-state index contributed by atoms with van der Waals surface area (Å²) in [5, 5.41) is 4.08. The molecule has 6 nitrogen and oxygen atoms in total. The van der Waals surface area contributed by atoms with Gasteiger partial charge in [-0.05, 0) is 37.1 Å². The van der Waals surface area contributed by atoms with Crippen molar-refractivity contribution in [3.8, 4) is 0 Å². The first-order valence-corrected chi connectivity index (χ1v) is 10.8. The van der Waals surface area contributed by atoms with Gasteiger partial charge < -0.3 is 0 Å². The van der Waals surface area contributed by atoms with Crippen molar-refractivity contribution in [1.82, 2.24) is 18.9 Å². The molecule has 0 radical (unpaired) electrons. The molecule has 1 saturated heterocycles. The molecule has 11 heteroatoms. The number of hydrogen-bond acceptors (Lipinski definition) is 4. The van der Waals surface area contributed by atoms with E-state index in [1.54, 1.807) is 0 Å². The van der Waals surface area contributed by atoms with E-state index >= 15 is 0 Å². The molecule has 3 aromatic rings. The van der Waals surface area contributed by atoms with E-state index in [0.717, 1.165) is 10.6 Å². The van der Waals surface area contributed by atoms with E-state index in [0.29, 0.717) is 17.7 Å². The van der Waals surface area contributed by atoms with Gasteiger partial charge in [-0.1, -0.05) is 12.1 Å². The summed E-state index contributed by atoms with van der Waals surface area (Å²) in [6.07, 6.45) is -4.15. The molecule has 1 atom stereocenters. The van der Waals surface area contributed by atoms with Crippen molar-refractivity contribution in [1.29, 1.82) is 0 Å². The van der Waals surface area contributed by atoms with Gasteiger partial charge in [-0.25, -0.2) is 26.6 Å². The minimum Gasteiger partial charge on any atom is -0.234 e. The molecule has 1 aliphatic heterocycles. The highest BCUT2D eigenvalue weighted by atomic mass is 32.2. The molecule has 3 heterocycles. The summed E-state index contributed by atoms with van der Waals surface area (Å²) in [5.41, 5.74) is 0.205. The van der Waals surface area contributed by atoms with Gasteiger partial charge in [0.05, 0.1) is 11.4 Å². The number of nitrogens with zero attached hydrogens (tertiary/aromatic N) is 4. The maximum absolute atomic E-state index is 13.3. The summed E-state index contributed by atoms with van der Waals surface area (Å²) in [5.74, 6) is -1.06. The van der Waals surface area contributed by atoms with Crippen molar-refractivity contribution >= 4 is 15.7 Å². The van der Waals surface area contributed by atoms with Crippen LogP contribution in [0.25, 0.3) is 5.65 Å². The SMILES string of the molecule is Cc1cc(C(F)(F)F)n2nc([C@H]3CCN(S(=O)(=O)Cc4ccc(F)cc4)C3)cc2n1. The molecule has 0 N–H and O–H groups in total. The minimum absolute atomic E-state index is 0.0740. The van der Waals surface area contributed by atoms with Crippen LogP contribution in [0.5, 0.6) is 0 Å². The second-order valence-electron chi connectivity index (χ2n) is 7.35. The highest BCUT2D eigenvalue weighted by Gasteiger charge is 2.37. The Balaban J connectivity index is 1.57. The van der Waals surface area contributed by atoms with Gasteiger partial charge in [-0.15, -0.1) is 0 Å². The number of benzene rings is 1. The Morgan fingerprint density at radius 3 is 2.53 bits per heavy atom. The molecule has 0 aliphatic carbocycles. The van der Waals surface area contributed by atoms with E-state index in [-0.39, 0.29) is 36.1 Å². The molecule has 1 aliphatic rings. The van der Waals surface area contributed by atoms with Crippen LogP contribution in [0.15, 0.2) is 36.4 Å². The fourth-order valence-electron chi connectivity index (χ4n) is 3.62. The summed E-state index contributed by atoms with van der Waals surface area (Å²) < 4.78 is 80.5. The largest absolute Gasteiger partial charge is 0.433 e. The lowest BCUT2D eigenvalue weighted by Gasteiger charge is -2.16. The lowest BCUT2D eigenvalue weighted by atomic mass is 10.1. The van der Waals surface area contributed by atoms with Crippen LogP contribution in [-0.4, -0.2) is 40.4 Å². The average molecular weight is 442 g/mol. The van der Waals surface area contributed by atoms with Crippen molar-refractivity contribution in [3.63, 3.8) is 0 Å². The molecule has 2 aromatic heterocycles. The van der Waals surface area contributed by atoms with Crippen molar-refractivity contribution < 1.29 is 26.0 Å². The second-order valence-corrected chi connectivity index (χ2v) is 9.31. The smallest absolute Gasteiger partial charge is 0.234 e. The second kappa shape index (κ2) is 7.31. The zero-order valence-electron chi connectivity index (χ0n) is 15.9. The third-order valence-electron chi connectivity index (χ3n) is 5.09. The van der Waals surface area contributed by atoms with Gasteiger partial charge in [0.1, 0.15) is 11.5 Å². The van der Waals surface area contributed by atoms with Crippen LogP contribution in [0.2, 0.25) is 0 Å². The zero-order valence-corrected chi connectivity index (χ0v) is 16.7. The highest BCUT2D eigenvalue weighted by molar-refractivity contribution is 7.88. The fourth-order valence-corrected chi connectivity index (χ4v) is 5.21. The topological polar surface area (TPSA) is 67.6 Å². The molecule has 0 unspecified atom stereocenters. The first kappa shape index (κ1) is 20.7. The number of aryl methyl sites for hydroxylation is 1. The van der Waals surface area contributed by atoms with Gasteiger partial charge in [0, 0.05) is 30.8 Å². The van der Waals surface area contributed by atoms with Crippen LogP contribution >= 0.6 is 0 Å². The number of hydrogen-bond donors (Lipinski definition) is 0. The molecule has 0 saturated carbocycles. The molecule has 0 spiro atoms. The highest BCUT2D eigenvalue weighted by Crippen LogP contribution is 2.33. The van der Waals surface area contributed by atoms with Crippen LogP contribution in [0.3, 0.4) is 0 Å². The molecule has 160 valence electrons. The van der Waals surface area contributed by atoms with Gasteiger partial charge in [0.15, 0.2) is 5.65 Å². The summed E-state index contributed by atoms with van der Waals surface area (Å²) in [7, 11) is -3.65. The predicted octanol–water partition coefficient (Wildman–Crippen LogP) is 3.51. The number of rotatable bonds is 4. The number of alkyl halides is 3. The third kappa shape index (κ3) is 4.04. The van der Waals surface area contributed by atoms with Crippen LogP contribution in [0.4, 0.5) is 17.6 Å². The molecule has 0 amide bonds. The summed E-state index contributed by atoms with van der Waals surface area (Å²) in [6, 6.07) is 7.62. The predicted molar refractivity (Wildman–Crippen MR) is 101 cm³/mol. The van der Waals surface area contributed by atoms with Crippen LogP contribution < -0.4 is 0 Å². The average Bonchev–Trinajstić information content (AvgIpc) is 3.29. The lowest BCUT2D eigenvalue weighted by Crippen LogP contribution is -2.29. The molecule has 30 heavy (non-hydrogen) atoms. The Morgan fingerprint density at radius 1 is 1.17 bits per heavy atom. The number of sulfonamides is 1. The van der Waals surface area contributed by atoms with Gasteiger partial charge in [0.2, 0.25) is 10.0 Å². The summed E-state index contributed by atoms with van der Waals surface area (Å²) in [4.78, 5) is 4.11. The van der Waals surface area contributed by atoms with E-state index in [9.17, 15) is 26.0 Å². The Kier molecular flexibility index (Phi) is 5.05. The number of halogens is 4. The number of fused-ring (bicyclic) bond motifs is 1. The van der Waals surface area contributed by atoms with E-state index in [4.69, 9.17) is 0 Å². The lowest BCUT2D eigenvalue weighted by molar-refractivity contribution is -0.142. The van der Waals surface area contributed by atoms with E-state index in [2.05, 4.69) is 10.1 Å². The Labute approximate surface area is 170 Å². The van der Waals surface area contributed by atoms with E-state index in [1.165, 1.54) is 41.6 Å². The van der Waals surface area contributed by atoms with Crippen LogP contribution in [-0.2, 0) is 22.0 Å². The summed E-state index contributed by atoms with van der Waals surface area (Å²) >= 11 is 0. The Morgan fingerprint density at radius 2 is 1.87 bits per heavy atom. The Bertz CT molecular complexity index is 1190. The molecular weight excluding hydrogens is 424 g/mol. The number of aromatic nitrogens is 3. The van der Waals surface area contributed by atoms with Crippen LogP contribution in [0.1, 0.15) is 35.0 Å². The molecule has 1 fully saturated rings. The quantitative estimate of drug-likeness (QED) is 0.580. The van der Waals surface area contributed by atoms with Crippen molar-refractivity contribution in [3.05, 3.63) is 64.9 Å². The molecule has 0 bridgehead atoms. The molecule has 1 aromatic carbocycles. The van der Waals surface area contributed by atoms with Crippen molar-refractivity contribution in [2.45, 2.75) is 31.2 Å². The molecular formula is C19H18F4N4O2S. The van der Waals surface area contributed by atoms with Gasteiger partial charge >= 0.3 is 6.18 Å². The maximum Gasteiger partial charge on any atom is 0.433 e. The van der Waals surface area contributed by atoms with E-state index < -0.39 is 27.7 Å². The fraction of sp³-hybridized carbons (Fsp3) is 0.368. The maximum atomic E-state index is 13.3. The van der Waals surface area contributed by atoms with Gasteiger partial charge in [-0.2, -0.15) is 18.3 Å². The van der Waals surface area contributed by atoms with Crippen molar-refractivity contribution in [2.75, 3.05) is 13.1 Å². The van der Waals surface area contributed by atoms with Crippen molar-refractivity contribution in [2.24, 2.45) is 0 Å². The Hall–Kier alpha value is -2.53. The van der Waals surface area contributed by atoms with Gasteiger partial charge in [0.25, 0.3) is 0 Å². The standard InChI is InChI=1S/C19H18F4N4O2S/c1-12-8-17(19(21,22)23)27-18(24-12)9-16(25-27)14-6-7-26(10-14)30(28,29)11-13-2-4-15(20)5-3-13/h2-5,8-9,14H,6-7,10-11H2,1H3/t14-/m0/s1. The molecule has 4 rings (SSSR count). The third-order valence-corrected chi connectivity index (χ3v) is 6.91. The minimum atomic E-state index is -4.59. The zero-order chi connectivity index (χ0) is 21.7. The van der Waals surface area contributed by atoms with Gasteiger partial charge in [-0.3, -0.25) is 0 Å². The normalized spacial score (nSPS) is 18.4. The van der Waals surface area contributed by atoms with E-state index in [1.807, 2.05) is 0 Å². The summed E-state index contributed by atoms with van der Waals surface area (Å²) in [6.45, 7) is 1.83. The van der Waals surface area contributed by atoms with Crippen LogP contribution in [0, 0.1) is 12.7 Å². The first-order valence-electron chi connectivity index (χ1n) is 9.20.